The Hall–Kier alpha value is -3.80. The predicted molar refractivity (Wildman–Crippen MR) is 102 cm³/mol. The highest BCUT2D eigenvalue weighted by Crippen LogP contribution is 2.11. The first kappa shape index (κ1) is 18.0. The van der Waals surface area contributed by atoms with Crippen molar-refractivity contribution >= 4 is 23.7 Å². The third kappa shape index (κ3) is 5.09. The number of carbonyl (C=O) groups excluding carboxylic acids is 2. The lowest BCUT2D eigenvalue weighted by Gasteiger charge is -2.06. The van der Waals surface area contributed by atoms with Crippen LogP contribution < -0.4 is 10.7 Å². The molecule has 0 fully saturated rings. The van der Waals surface area contributed by atoms with Gasteiger partial charge in [0.25, 0.3) is 11.8 Å². The summed E-state index contributed by atoms with van der Waals surface area (Å²) >= 11 is 0. The Labute approximate surface area is 155 Å². The lowest BCUT2D eigenvalue weighted by Crippen LogP contribution is -2.17. The van der Waals surface area contributed by atoms with E-state index in [1.807, 2.05) is 6.07 Å². The maximum atomic E-state index is 12.8. The summed E-state index contributed by atoms with van der Waals surface area (Å²) in [5, 5.41) is 6.60. The molecule has 3 aromatic carbocycles. The highest BCUT2D eigenvalue weighted by atomic mass is 19.1. The number of benzene rings is 3. The molecule has 0 bridgehead atoms. The molecule has 0 saturated heterocycles. The van der Waals surface area contributed by atoms with E-state index in [9.17, 15) is 14.0 Å². The number of halogens is 1. The molecule has 134 valence electrons. The zero-order valence-corrected chi connectivity index (χ0v) is 14.2. The number of hydrazone groups is 1. The summed E-state index contributed by atoms with van der Waals surface area (Å²) in [6.45, 7) is 0. The van der Waals surface area contributed by atoms with Gasteiger partial charge in [-0.05, 0) is 54.1 Å². The van der Waals surface area contributed by atoms with Crippen LogP contribution in [0.5, 0.6) is 0 Å². The number of carbonyl (C=O) groups is 2. The average Bonchev–Trinajstić information content (AvgIpc) is 2.70. The fourth-order valence-electron chi connectivity index (χ4n) is 2.28. The fraction of sp³-hybridized carbons (Fsp3) is 0. The summed E-state index contributed by atoms with van der Waals surface area (Å²) in [6, 6.07) is 21.0. The SMILES string of the molecule is O=C(NN=Cc1ccc(F)cc1)c1ccc(NC(=O)c2ccccc2)cc1. The molecule has 0 aliphatic heterocycles. The number of hydrogen-bond acceptors (Lipinski definition) is 3. The molecule has 0 saturated carbocycles. The van der Waals surface area contributed by atoms with Crippen LogP contribution in [0.3, 0.4) is 0 Å². The molecule has 3 aromatic rings. The number of rotatable bonds is 5. The number of anilines is 1. The van der Waals surface area contributed by atoms with Crippen LogP contribution in [0.2, 0.25) is 0 Å². The fourth-order valence-corrected chi connectivity index (χ4v) is 2.28. The molecule has 27 heavy (non-hydrogen) atoms. The summed E-state index contributed by atoms with van der Waals surface area (Å²) in [5.74, 6) is -0.957. The quantitative estimate of drug-likeness (QED) is 0.535. The van der Waals surface area contributed by atoms with Crippen LogP contribution >= 0.6 is 0 Å². The first-order valence-electron chi connectivity index (χ1n) is 8.17. The molecule has 0 unspecified atom stereocenters. The zero-order valence-electron chi connectivity index (χ0n) is 14.2. The number of nitrogens with zero attached hydrogens (tertiary/aromatic N) is 1. The van der Waals surface area contributed by atoms with Gasteiger partial charge in [-0.3, -0.25) is 9.59 Å². The smallest absolute Gasteiger partial charge is 0.271 e. The summed E-state index contributed by atoms with van der Waals surface area (Å²) in [5.41, 5.74) is 4.58. The van der Waals surface area contributed by atoms with Crippen molar-refractivity contribution < 1.29 is 14.0 Å². The molecule has 6 heteroatoms. The first-order valence-corrected chi connectivity index (χ1v) is 8.17. The Balaban J connectivity index is 1.57. The molecule has 0 aliphatic carbocycles. The first-order chi connectivity index (χ1) is 13.1. The number of amides is 2. The molecular formula is C21H16FN3O2. The summed E-state index contributed by atoms with van der Waals surface area (Å²) in [7, 11) is 0. The van der Waals surface area contributed by atoms with Gasteiger partial charge in [0.05, 0.1) is 6.21 Å². The predicted octanol–water partition coefficient (Wildman–Crippen LogP) is 3.84. The van der Waals surface area contributed by atoms with Gasteiger partial charge in [0, 0.05) is 16.8 Å². The van der Waals surface area contributed by atoms with Crippen LogP contribution in [0.25, 0.3) is 0 Å². The van der Waals surface area contributed by atoms with Crippen molar-refractivity contribution in [2.45, 2.75) is 0 Å². The Morgan fingerprint density at radius 2 is 1.41 bits per heavy atom. The topological polar surface area (TPSA) is 70.6 Å². The lowest BCUT2D eigenvalue weighted by molar-refractivity contribution is 0.0954. The molecular weight excluding hydrogens is 345 g/mol. The third-order valence-electron chi connectivity index (χ3n) is 3.69. The second kappa shape index (κ2) is 8.53. The van der Waals surface area contributed by atoms with Gasteiger partial charge < -0.3 is 5.32 Å². The minimum atomic E-state index is -0.394. The van der Waals surface area contributed by atoms with Gasteiger partial charge in [-0.25, -0.2) is 9.82 Å². The maximum absolute atomic E-state index is 12.8. The molecule has 3 rings (SSSR count). The Bertz CT molecular complexity index is 953. The van der Waals surface area contributed by atoms with E-state index in [2.05, 4.69) is 15.8 Å². The molecule has 0 aromatic heterocycles. The van der Waals surface area contributed by atoms with Crippen molar-refractivity contribution in [3.8, 4) is 0 Å². The van der Waals surface area contributed by atoms with Gasteiger partial charge in [-0.15, -0.1) is 0 Å². The second-order valence-corrected chi connectivity index (χ2v) is 5.65. The Kier molecular flexibility index (Phi) is 5.69. The van der Waals surface area contributed by atoms with Crippen molar-refractivity contribution in [1.82, 2.24) is 5.43 Å². The van der Waals surface area contributed by atoms with E-state index in [1.165, 1.54) is 18.3 Å². The van der Waals surface area contributed by atoms with Crippen molar-refractivity contribution in [2.24, 2.45) is 5.10 Å². The zero-order chi connectivity index (χ0) is 19.1. The van der Waals surface area contributed by atoms with Crippen molar-refractivity contribution in [3.63, 3.8) is 0 Å². The van der Waals surface area contributed by atoms with Crippen LogP contribution in [0, 0.1) is 5.82 Å². The average molecular weight is 361 g/mol. The van der Waals surface area contributed by atoms with Gasteiger partial charge in [0.1, 0.15) is 5.82 Å². The van der Waals surface area contributed by atoms with E-state index >= 15 is 0 Å². The molecule has 0 heterocycles. The van der Waals surface area contributed by atoms with Gasteiger partial charge in [-0.1, -0.05) is 30.3 Å². The molecule has 2 amide bonds. The Morgan fingerprint density at radius 3 is 2.07 bits per heavy atom. The van der Waals surface area contributed by atoms with Crippen LogP contribution in [0.4, 0.5) is 10.1 Å². The van der Waals surface area contributed by atoms with E-state index in [4.69, 9.17) is 0 Å². The van der Waals surface area contributed by atoms with E-state index < -0.39 is 5.91 Å². The summed E-state index contributed by atoms with van der Waals surface area (Å²) in [4.78, 5) is 24.2. The molecule has 0 atom stereocenters. The lowest BCUT2D eigenvalue weighted by atomic mass is 10.1. The number of nitrogens with one attached hydrogen (secondary N) is 2. The molecule has 0 radical (unpaired) electrons. The van der Waals surface area contributed by atoms with Crippen LogP contribution in [-0.2, 0) is 0 Å². The van der Waals surface area contributed by atoms with Crippen molar-refractivity contribution in [3.05, 3.63) is 101 Å². The Morgan fingerprint density at radius 1 is 0.778 bits per heavy atom. The van der Waals surface area contributed by atoms with Crippen molar-refractivity contribution in [2.75, 3.05) is 5.32 Å². The molecule has 0 spiro atoms. The van der Waals surface area contributed by atoms with E-state index in [1.54, 1.807) is 60.7 Å². The summed E-state index contributed by atoms with van der Waals surface area (Å²) < 4.78 is 12.8. The van der Waals surface area contributed by atoms with Gasteiger partial charge >= 0.3 is 0 Å². The minimum Gasteiger partial charge on any atom is -0.322 e. The standard InChI is InChI=1S/C21H16FN3O2/c22-18-10-6-15(7-11-18)14-23-25-21(27)17-8-12-19(13-9-17)24-20(26)16-4-2-1-3-5-16/h1-14H,(H,24,26)(H,25,27). The third-order valence-corrected chi connectivity index (χ3v) is 3.69. The van der Waals surface area contributed by atoms with Gasteiger partial charge in [0.2, 0.25) is 0 Å². The molecule has 2 N–H and O–H groups in total. The highest BCUT2D eigenvalue weighted by molar-refractivity contribution is 6.04. The largest absolute Gasteiger partial charge is 0.322 e. The number of hydrogen-bond donors (Lipinski definition) is 2. The monoisotopic (exact) mass is 361 g/mol. The molecule has 0 aliphatic rings. The van der Waals surface area contributed by atoms with E-state index in [0.717, 1.165) is 0 Å². The van der Waals surface area contributed by atoms with Gasteiger partial charge in [0.15, 0.2) is 0 Å². The van der Waals surface area contributed by atoms with Gasteiger partial charge in [-0.2, -0.15) is 5.10 Å². The van der Waals surface area contributed by atoms with Crippen LogP contribution in [0.15, 0.2) is 84.0 Å². The molecule has 5 nitrogen and oxygen atoms in total. The highest BCUT2D eigenvalue weighted by Gasteiger charge is 2.07. The normalized spacial score (nSPS) is 10.6. The van der Waals surface area contributed by atoms with Crippen molar-refractivity contribution in [1.29, 1.82) is 0 Å². The second-order valence-electron chi connectivity index (χ2n) is 5.65. The van der Waals surface area contributed by atoms with E-state index in [0.29, 0.717) is 22.4 Å². The van der Waals surface area contributed by atoms with Crippen LogP contribution in [0.1, 0.15) is 26.3 Å². The summed E-state index contributed by atoms with van der Waals surface area (Å²) in [6.07, 6.45) is 1.42. The minimum absolute atomic E-state index is 0.225. The maximum Gasteiger partial charge on any atom is 0.271 e. The van der Waals surface area contributed by atoms with E-state index in [-0.39, 0.29) is 11.7 Å². The van der Waals surface area contributed by atoms with Crippen LogP contribution in [-0.4, -0.2) is 18.0 Å².